The number of hydrogen-bond acceptors (Lipinski definition) is 6. The fraction of sp³-hybridized carbons (Fsp3) is 0.304. The van der Waals surface area contributed by atoms with Crippen LogP contribution in [0.2, 0.25) is 0 Å². The van der Waals surface area contributed by atoms with Gasteiger partial charge >= 0.3 is 0 Å². The normalized spacial score (nSPS) is 13.4. The van der Waals surface area contributed by atoms with E-state index in [-0.39, 0.29) is 0 Å². The van der Waals surface area contributed by atoms with Crippen molar-refractivity contribution in [2.75, 3.05) is 35.7 Å². The predicted octanol–water partition coefficient (Wildman–Crippen LogP) is 4.75. The quantitative estimate of drug-likeness (QED) is 0.608. The molecule has 1 saturated heterocycles. The third-order valence-electron chi connectivity index (χ3n) is 5.10. The number of para-hydroxylation sites is 1. The maximum atomic E-state index is 5.42. The molecule has 0 bridgehead atoms. The molecule has 1 aliphatic heterocycles. The van der Waals surface area contributed by atoms with E-state index in [1.807, 2.05) is 37.3 Å². The Hall–Kier alpha value is -3.28. The first-order valence-corrected chi connectivity index (χ1v) is 10.0. The zero-order valence-electron chi connectivity index (χ0n) is 17.0. The van der Waals surface area contributed by atoms with Gasteiger partial charge in [0, 0.05) is 42.6 Å². The van der Waals surface area contributed by atoms with Gasteiger partial charge in [-0.25, -0.2) is 9.97 Å². The van der Waals surface area contributed by atoms with Crippen molar-refractivity contribution >= 4 is 23.0 Å². The van der Waals surface area contributed by atoms with Crippen LogP contribution in [0.4, 0.5) is 23.0 Å². The second-order valence-electron chi connectivity index (χ2n) is 7.22. The molecule has 0 atom stereocenters. The summed E-state index contributed by atoms with van der Waals surface area (Å²) in [5, 5.41) is 6.76. The van der Waals surface area contributed by atoms with Crippen LogP contribution in [0.1, 0.15) is 24.2 Å². The van der Waals surface area contributed by atoms with E-state index >= 15 is 0 Å². The molecule has 4 rings (SSSR count). The number of anilines is 4. The smallest absolute Gasteiger partial charge is 0.136 e. The van der Waals surface area contributed by atoms with Crippen LogP contribution in [0.25, 0.3) is 0 Å². The Morgan fingerprint density at radius 1 is 0.966 bits per heavy atom. The van der Waals surface area contributed by atoms with Crippen molar-refractivity contribution in [2.24, 2.45) is 0 Å². The number of aryl methyl sites for hydroxylation is 1. The fourth-order valence-corrected chi connectivity index (χ4v) is 3.64. The van der Waals surface area contributed by atoms with Crippen LogP contribution >= 0.6 is 0 Å². The number of rotatable bonds is 7. The number of hydrogen-bond donors (Lipinski definition) is 2. The molecule has 0 spiro atoms. The summed E-state index contributed by atoms with van der Waals surface area (Å²) >= 11 is 0. The molecule has 0 saturated carbocycles. The van der Waals surface area contributed by atoms with Crippen molar-refractivity contribution in [1.29, 1.82) is 0 Å². The maximum absolute atomic E-state index is 5.42. The number of ether oxygens (including phenoxy) is 1. The van der Waals surface area contributed by atoms with Gasteiger partial charge < -0.3 is 20.3 Å². The predicted molar refractivity (Wildman–Crippen MR) is 118 cm³/mol. The van der Waals surface area contributed by atoms with E-state index in [0.29, 0.717) is 12.4 Å². The highest BCUT2D eigenvalue weighted by molar-refractivity contribution is 5.62. The lowest BCUT2D eigenvalue weighted by Gasteiger charge is -2.18. The largest absolute Gasteiger partial charge is 0.496 e. The Morgan fingerprint density at radius 3 is 2.45 bits per heavy atom. The van der Waals surface area contributed by atoms with Crippen LogP contribution in [-0.2, 0) is 6.54 Å². The summed E-state index contributed by atoms with van der Waals surface area (Å²) in [6, 6.07) is 18.4. The topological polar surface area (TPSA) is 62.3 Å². The van der Waals surface area contributed by atoms with E-state index in [1.165, 1.54) is 18.5 Å². The molecule has 150 valence electrons. The van der Waals surface area contributed by atoms with Gasteiger partial charge in [-0.1, -0.05) is 18.2 Å². The highest BCUT2D eigenvalue weighted by atomic mass is 16.5. The van der Waals surface area contributed by atoms with Crippen molar-refractivity contribution in [3.8, 4) is 5.75 Å². The highest BCUT2D eigenvalue weighted by Crippen LogP contribution is 2.24. The molecule has 1 aliphatic rings. The molecule has 0 unspecified atom stereocenters. The molecular weight excluding hydrogens is 362 g/mol. The van der Waals surface area contributed by atoms with Gasteiger partial charge in [0.1, 0.15) is 23.2 Å². The summed E-state index contributed by atoms with van der Waals surface area (Å²) in [7, 11) is 1.69. The number of methoxy groups -OCH3 is 1. The molecule has 2 heterocycles. The van der Waals surface area contributed by atoms with Gasteiger partial charge in [-0.05, 0) is 50.1 Å². The third-order valence-corrected chi connectivity index (χ3v) is 5.10. The first-order chi connectivity index (χ1) is 14.2. The van der Waals surface area contributed by atoms with Gasteiger partial charge in [0.05, 0.1) is 7.11 Å². The highest BCUT2D eigenvalue weighted by Gasteiger charge is 2.12. The van der Waals surface area contributed by atoms with Crippen LogP contribution in [0.5, 0.6) is 5.75 Å². The summed E-state index contributed by atoms with van der Waals surface area (Å²) in [4.78, 5) is 11.5. The molecule has 0 amide bonds. The van der Waals surface area contributed by atoms with Crippen LogP contribution < -0.4 is 20.3 Å². The molecule has 0 radical (unpaired) electrons. The van der Waals surface area contributed by atoms with Crippen molar-refractivity contribution in [1.82, 2.24) is 9.97 Å². The van der Waals surface area contributed by atoms with Crippen LogP contribution in [0, 0.1) is 6.92 Å². The monoisotopic (exact) mass is 389 g/mol. The van der Waals surface area contributed by atoms with Crippen molar-refractivity contribution < 1.29 is 4.74 Å². The molecule has 6 nitrogen and oxygen atoms in total. The first kappa shape index (κ1) is 19.1. The van der Waals surface area contributed by atoms with Gasteiger partial charge in [0.25, 0.3) is 0 Å². The summed E-state index contributed by atoms with van der Waals surface area (Å²) in [6.45, 7) is 4.83. The number of nitrogens with one attached hydrogen (secondary N) is 2. The average Bonchev–Trinajstić information content (AvgIpc) is 3.27. The number of nitrogens with zero attached hydrogens (tertiary/aromatic N) is 3. The number of benzene rings is 2. The van der Waals surface area contributed by atoms with Crippen molar-refractivity contribution in [2.45, 2.75) is 26.3 Å². The maximum Gasteiger partial charge on any atom is 0.136 e. The molecule has 6 heteroatoms. The molecule has 29 heavy (non-hydrogen) atoms. The van der Waals surface area contributed by atoms with Gasteiger partial charge in [-0.3, -0.25) is 0 Å². The third kappa shape index (κ3) is 4.77. The second kappa shape index (κ2) is 8.82. The van der Waals surface area contributed by atoms with Crippen molar-refractivity contribution in [3.05, 3.63) is 66.0 Å². The minimum Gasteiger partial charge on any atom is -0.496 e. The molecule has 3 aromatic rings. The summed E-state index contributed by atoms with van der Waals surface area (Å²) in [6.07, 6.45) is 2.57. The van der Waals surface area contributed by atoms with Crippen LogP contribution in [0.15, 0.2) is 54.6 Å². The minimum atomic E-state index is 0.629. The molecular formula is C23H27N5O. The minimum absolute atomic E-state index is 0.629. The SMILES string of the molecule is COc1ccccc1CNc1cc(Nc2ccc(N3CCCC3)cc2)nc(C)n1. The second-order valence-corrected chi connectivity index (χ2v) is 7.22. The molecule has 2 N–H and O–H groups in total. The Labute approximate surface area is 172 Å². The first-order valence-electron chi connectivity index (χ1n) is 10.0. The lowest BCUT2D eigenvalue weighted by atomic mass is 10.2. The molecule has 2 aromatic carbocycles. The molecule has 1 fully saturated rings. The van der Waals surface area contributed by atoms with Crippen molar-refractivity contribution in [3.63, 3.8) is 0 Å². The Bertz CT molecular complexity index is 952. The van der Waals surface area contributed by atoms with E-state index in [9.17, 15) is 0 Å². The summed E-state index contributed by atoms with van der Waals surface area (Å²) < 4.78 is 5.42. The lowest BCUT2D eigenvalue weighted by molar-refractivity contribution is 0.410. The average molecular weight is 390 g/mol. The Morgan fingerprint density at radius 2 is 1.69 bits per heavy atom. The summed E-state index contributed by atoms with van der Waals surface area (Å²) in [5.74, 6) is 3.13. The Kier molecular flexibility index (Phi) is 5.79. The van der Waals surface area contributed by atoms with E-state index in [2.05, 4.69) is 49.8 Å². The van der Waals surface area contributed by atoms with Crippen LogP contribution in [-0.4, -0.2) is 30.2 Å². The zero-order valence-corrected chi connectivity index (χ0v) is 17.0. The van der Waals surface area contributed by atoms with Gasteiger partial charge in [0.2, 0.25) is 0 Å². The van der Waals surface area contributed by atoms with E-state index in [0.717, 1.165) is 41.7 Å². The lowest BCUT2D eigenvalue weighted by Crippen LogP contribution is -2.17. The van der Waals surface area contributed by atoms with E-state index < -0.39 is 0 Å². The van der Waals surface area contributed by atoms with E-state index in [1.54, 1.807) is 7.11 Å². The zero-order chi connectivity index (χ0) is 20.1. The van der Waals surface area contributed by atoms with Gasteiger partial charge in [-0.2, -0.15) is 0 Å². The summed E-state index contributed by atoms with van der Waals surface area (Å²) in [5.41, 5.74) is 3.38. The van der Waals surface area contributed by atoms with Gasteiger partial charge in [-0.15, -0.1) is 0 Å². The van der Waals surface area contributed by atoms with Crippen LogP contribution in [0.3, 0.4) is 0 Å². The Balaban J connectivity index is 1.44. The van der Waals surface area contributed by atoms with E-state index in [4.69, 9.17) is 4.74 Å². The number of aromatic nitrogens is 2. The standard InChI is InChI=1S/C23H27N5O/c1-17-25-22(24-16-18-7-3-4-8-21(18)29-2)15-23(26-17)27-19-9-11-20(12-10-19)28-13-5-6-14-28/h3-4,7-12,15H,5-6,13-14,16H2,1-2H3,(H2,24,25,26,27). The fourth-order valence-electron chi connectivity index (χ4n) is 3.64. The van der Waals surface area contributed by atoms with Gasteiger partial charge in [0.15, 0.2) is 0 Å². The molecule has 1 aromatic heterocycles. The molecule has 0 aliphatic carbocycles.